The van der Waals surface area contributed by atoms with Gasteiger partial charge in [-0.15, -0.1) is 0 Å². The Kier molecular flexibility index (Phi) is 9.08. The van der Waals surface area contributed by atoms with Crippen molar-refractivity contribution in [2.45, 2.75) is 56.5 Å². The molecule has 3 nitrogen and oxygen atoms in total. The molecule has 2 aliphatic rings. The molecule has 0 N–H and O–H groups in total. The summed E-state index contributed by atoms with van der Waals surface area (Å²) in [5.41, 5.74) is -1.39. The van der Waals surface area contributed by atoms with E-state index in [4.69, 9.17) is 0 Å². The Morgan fingerprint density at radius 1 is 0.868 bits per heavy atom. The smallest absolute Gasteiger partial charge is 0.369 e. The van der Waals surface area contributed by atoms with Crippen molar-refractivity contribution in [2.24, 2.45) is 0 Å². The van der Waals surface area contributed by atoms with Crippen molar-refractivity contribution in [3.63, 3.8) is 0 Å². The molecular formula is C29H35F6N3. The maximum Gasteiger partial charge on any atom is 0.416 e. The lowest BCUT2D eigenvalue weighted by molar-refractivity contribution is -0.143. The van der Waals surface area contributed by atoms with Crippen LogP contribution in [0.15, 0.2) is 60.8 Å². The van der Waals surface area contributed by atoms with Gasteiger partial charge in [0.2, 0.25) is 0 Å². The number of hydrogen-bond acceptors (Lipinski definition) is 3. The van der Waals surface area contributed by atoms with E-state index in [1.807, 2.05) is 30.1 Å². The summed E-state index contributed by atoms with van der Waals surface area (Å²) < 4.78 is 79.5. The highest BCUT2D eigenvalue weighted by molar-refractivity contribution is 5.34. The largest absolute Gasteiger partial charge is 0.416 e. The van der Waals surface area contributed by atoms with Crippen molar-refractivity contribution in [2.75, 3.05) is 39.8 Å². The van der Waals surface area contributed by atoms with Crippen LogP contribution in [0.5, 0.6) is 0 Å². The van der Waals surface area contributed by atoms with Gasteiger partial charge >= 0.3 is 12.4 Å². The zero-order valence-electron chi connectivity index (χ0n) is 21.6. The van der Waals surface area contributed by atoms with Gasteiger partial charge in [0.05, 0.1) is 17.2 Å². The number of hydrogen-bond donors (Lipinski definition) is 0. The van der Waals surface area contributed by atoms with Crippen molar-refractivity contribution in [1.29, 1.82) is 0 Å². The van der Waals surface area contributed by atoms with Crippen molar-refractivity contribution < 1.29 is 26.3 Å². The summed E-state index contributed by atoms with van der Waals surface area (Å²) in [4.78, 5) is 6.83. The van der Waals surface area contributed by atoms with Crippen LogP contribution in [0.3, 0.4) is 0 Å². The van der Waals surface area contributed by atoms with Gasteiger partial charge in [-0.2, -0.15) is 26.3 Å². The molecule has 2 heterocycles. The van der Waals surface area contributed by atoms with Gasteiger partial charge in [-0.3, -0.25) is 4.90 Å². The Morgan fingerprint density at radius 3 is 2.05 bits per heavy atom. The number of rotatable bonds is 8. The highest BCUT2D eigenvalue weighted by Crippen LogP contribution is 2.36. The predicted octanol–water partition coefficient (Wildman–Crippen LogP) is 7.01. The van der Waals surface area contributed by atoms with Gasteiger partial charge in [0.1, 0.15) is 0 Å². The van der Waals surface area contributed by atoms with Crippen LogP contribution in [0.25, 0.3) is 0 Å². The third-order valence-corrected chi connectivity index (χ3v) is 7.54. The fourth-order valence-electron chi connectivity index (χ4n) is 5.42. The second kappa shape index (κ2) is 12.1. The second-order valence-corrected chi connectivity index (χ2v) is 10.4. The van der Waals surface area contributed by atoms with Crippen molar-refractivity contribution in [3.8, 4) is 0 Å². The zero-order chi connectivity index (χ0) is 27.3. The number of benzene rings is 2. The molecule has 2 aromatic carbocycles. The van der Waals surface area contributed by atoms with Crippen molar-refractivity contribution >= 4 is 0 Å². The summed E-state index contributed by atoms with van der Waals surface area (Å²) in [6.07, 6.45) is -0.377. The lowest BCUT2D eigenvalue weighted by Gasteiger charge is -2.41. The highest BCUT2D eigenvalue weighted by Gasteiger charge is 2.37. The Morgan fingerprint density at radius 2 is 1.50 bits per heavy atom. The maximum atomic E-state index is 13.3. The Hall–Kier alpha value is -2.52. The van der Waals surface area contributed by atoms with E-state index in [0.717, 1.165) is 43.8 Å². The van der Waals surface area contributed by atoms with Gasteiger partial charge in [0.15, 0.2) is 0 Å². The second-order valence-electron chi connectivity index (χ2n) is 10.4. The Labute approximate surface area is 220 Å². The fraction of sp³-hybridized carbons (Fsp3) is 0.517. The van der Waals surface area contributed by atoms with Gasteiger partial charge in [0.25, 0.3) is 0 Å². The van der Waals surface area contributed by atoms with Crippen molar-refractivity contribution in [3.05, 3.63) is 83.1 Å². The van der Waals surface area contributed by atoms with Gasteiger partial charge in [-0.05, 0) is 81.3 Å². The first-order valence-corrected chi connectivity index (χ1v) is 13.2. The van der Waals surface area contributed by atoms with Gasteiger partial charge < -0.3 is 9.80 Å². The normalized spacial score (nSPS) is 20.2. The minimum Gasteiger partial charge on any atom is -0.369 e. The number of likely N-dealkylation sites (tertiary alicyclic amines) is 1. The molecule has 0 radical (unpaired) electrons. The van der Waals surface area contributed by atoms with E-state index in [2.05, 4.69) is 34.2 Å². The summed E-state index contributed by atoms with van der Waals surface area (Å²) in [5, 5.41) is 0. The standard InChI is InChI=1S/C29H35F6N3/c1-36(15-10-22-18-24(28(30,31)32)20-25(19-22)29(33,34)35)21-27(23-8-4-2-5-9-23)38-16-11-26(12-17-38)37-13-6-3-7-14-37/h2,4-5,8-9,11,16,18-20,26-27H,3,6-7,10,12-15,17,21H2,1H3. The number of alkyl halides is 6. The number of likely N-dealkylation sites (N-methyl/N-ethyl adjacent to an activating group) is 1. The molecule has 208 valence electrons. The minimum absolute atomic E-state index is 0.0204. The Bertz CT molecular complexity index is 1030. The molecule has 2 aliphatic heterocycles. The quantitative estimate of drug-likeness (QED) is 0.334. The maximum absolute atomic E-state index is 13.3. The van der Waals surface area contributed by atoms with Crippen LogP contribution >= 0.6 is 0 Å². The fourth-order valence-corrected chi connectivity index (χ4v) is 5.42. The van der Waals surface area contributed by atoms with Crippen LogP contribution in [0.2, 0.25) is 0 Å². The molecule has 2 atom stereocenters. The summed E-state index contributed by atoms with van der Waals surface area (Å²) in [6, 6.07) is 12.3. The predicted molar refractivity (Wildman–Crippen MR) is 137 cm³/mol. The molecule has 0 aliphatic carbocycles. The summed E-state index contributed by atoms with van der Waals surface area (Å²) in [5.74, 6) is 0. The van der Waals surface area contributed by atoms with Gasteiger partial charge in [0, 0.05) is 25.7 Å². The van der Waals surface area contributed by atoms with E-state index in [-0.39, 0.29) is 24.1 Å². The third kappa shape index (κ3) is 7.53. The summed E-state index contributed by atoms with van der Waals surface area (Å²) in [7, 11) is 1.86. The third-order valence-electron chi connectivity index (χ3n) is 7.54. The average molecular weight is 540 g/mol. The first-order chi connectivity index (χ1) is 18.0. The number of halogens is 6. The van der Waals surface area contributed by atoms with Crippen molar-refractivity contribution in [1.82, 2.24) is 14.7 Å². The zero-order valence-corrected chi connectivity index (χ0v) is 21.6. The SMILES string of the molecule is CN(CCc1cc(C(F)(F)F)cc(C(F)(F)F)c1)CC(c1ccccc1)N1C=CC(N2CCCCC2)CC1. The van der Waals surface area contributed by atoms with Crippen LogP contribution in [-0.2, 0) is 18.8 Å². The lowest BCUT2D eigenvalue weighted by Crippen LogP contribution is -2.44. The van der Waals surface area contributed by atoms with E-state index in [9.17, 15) is 26.3 Å². The molecule has 4 rings (SSSR count). The van der Waals surface area contributed by atoms with Crippen LogP contribution in [0, 0.1) is 0 Å². The first-order valence-electron chi connectivity index (χ1n) is 13.2. The van der Waals surface area contributed by atoms with E-state index in [1.54, 1.807) is 0 Å². The highest BCUT2D eigenvalue weighted by atomic mass is 19.4. The molecule has 9 heteroatoms. The average Bonchev–Trinajstić information content (AvgIpc) is 2.90. The molecule has 1 saturated heterocycles. The van der Waals surface area contributed by atoms with Crippen LogP contribution in [0.4, 0.5) is 26.3 Å². The molecule has 0 saturated carbocycles. The van der Waals surface area contributed by atoms with Crippen LogP contribution < -0.4 is 0 Å². The van der Waals surface area contributed by atoms with E-state index in [0.29, 0.717) is 19.1 Å². The molecule has 0 spiro atoms. The summed E-state index contributed by atoms with van der Waals surface area (Å²) in [6.45, 7) is 4.06. The summed E-state index contributed by atoms with van der Waals surface area (Å²) >= 11 is 0. The van der Waals surface area contributed by atoms with E-state index < -0.39 is 23.5 Å². The first kappa shape index (κ1) is 28.5. The topological polar surface area (TPSA) is 9.72 Å². The molecule has 0 aromatic heterocycles. The van der Waals surface area contributed by atoms with Gasteiger partial charge in [-0.25, -0.2) is 0 Å². The molecular weight excluding hydrogens is 504 g/mol. The molecule has 0 bridgehead atoms. The molecule has 1 fully saturated rings. The molecule has 2 unspecified atom stereocenters. The minimum atomic E-state index is -4.84. The van der Waals surface area contributed by atoms with Crippen LogP contribution in [0.1, 0.15) is 54.0 Å². The number of piperidine rings is 1. The molecule has 38 heavy (non-hydrogen) atoms. The molecule has 2 aromatic rings. The monoisotopic (exact) mass is 539 g/mol. The van der Waals surface area contributed by atoms with Crippen LogP contribution in [-0.4, -0.2) is 60.5 Å². The van der Waals surface area contributed by atoms with Gasteiger partial charge in [-0.1, -0.05) is 42.8 Å². The Balaban J connectivity index is 1.45. The molecule has 0 amide bonds. The number of nitrogens with zero attached hydrogens (tertiary/aromatic N) is 3. The van der Waals surface area contributed by atoms with E-state index in [1.165, 1.54) is 19.3 Å². The van der Waals surface area contributed by atoms with E-state index >= 15 is 0 Å². The lowest BCUT2D eigenvalue weighted by atomic mass is 9.99.